The topological polar surface area (TPSA) is 30.8 Å². The summed E-state index contributed by atoms with van der Waals surface area (Å²) in [6.45, 7) is 9.03. The summed E-state index contributed by atoms with van der Waals surface area (Å²) in [7, 11) is 0. The molecule has 0 fully saturated rings. The van der Waals surface area contributed by atoms with E-state index >= 15 is 0 Å². The Morgan fingerprint density at radius 2 is 2.05 bits per heavy atom. The van der Waals surface area contributed by atoms with Crippen LogP contribution in [0.3, 0.4) is 0 Å². The van der Waals surface area contributed by atoms with E-state index in [-0.39, 0.29) is 17.8 Å². The van der Waals surface area contributed by atoms with Crippen molar-refractivity contribution < 1.29 is 14.0 Å². The highest BCUT2D eigenvalue weighted by atomic mass is 19.1. The van der Waals surface area contributed by atoms with Crippen LogP contribution in [0.15, 0.2) is 29.4 Å². The van der Waals surface area contributed by atoms with Crippen LogP contribution in [0.2, 0.25) is 0 Å². The SMILES string of the molecule is CC1(COCc2ccccc2F)CCC(C(C)(C)C)=NO1. The summed E-state index contributed by atoms with van der Waals surface area (Å²) in [5.41, 5.74) is 1.25. The summed E-state index contributed by atoms with van der Waals surface area (Å²) in [4.78, 5) is 5.64. The molecule has 1 aliphatic rings. The summed E-state index contributed by atoms with van der Waals surface area (Å²) in [6, 6.07) is 6.65. The Hall–Kier alpha value is -1.42. The van der Waals surface area contributed by atoms with E-state index in [4.69, 9.17) is 9.57 Å². The van der Waals surface area contributed by atoms with E-state index in [9.17, 15) is 4.39 Å². The van der Waals surface area contributed by atoms with E-state index in [0.717, 1.165) is 18.6 Å². The van der Waals surface area contributed by atoms with E-state index in [1.807, 2.05) is 6.92 Å². The Morgan fingerprint density at radius 1 is 1.33 bits per heavy atom. The van der Waals surface area contributed by atoms with E-state index < -0.39 is 5.60 Å². The van der Waals surface area contributed by atoms with Crippen LogP contribution in [0.4, 0.5) is 4.39 Å². The van der Waals surface area contributed by atoms with Gasteiger partial charge >= 0.3 is 0 Å². The third-order valence-corrected chi connectivity index (χ3v) is 3.76. The van der Waals surface area contributed by atoms with Crippen molar-refractivity contribution in [3.8, 4) is 0 Å². The summed E-state index contributed by atoms with van der Waals surface area (Å²) >= 11 is 0. The number of nitrogens with zero attached hydrogens (tertiary/aromatic N) is 1. The van der Waals surface area contributed by atoms with Gasteiger partial charge in [0.05, 0.1) is 18.9 Å². The fraction of sp³-hybridized carbons (Fsp3) is 0.588. The van der Waals surface area contributed by atoms with Gasteiger partial charge in [-0.3, -0.25) is 0 Å². The van der Waals surface area contributed by atoms with Gasteiger partial charge in [0, 0.05) is 11.0 Å². The van der Waals surface area contributed by atoms with Gasteiger partial charge in [-0.2, -0.15) is 0 Å². The molecule has 0 N–H and O–H groups in total. The minimum atomic E-state index is -0.431. The van der Waals surface area contributed by atoms with E-state index in [2.05, 4.69) is 25.9 Å². The Balaban J connectivity index is 1.87. The first-order valence-corrected chi connectivity index (χ1v) is 7.37. The second-order valence-corrected chi connectivity index (χ2v) is 6.91. The van der Waals surface area contributed by atoms with Crippen molar-refractivity contribution in [3.05, 3.63) is 35.6 Å². The van der Waals surface area contributed by atoms with Crippen molar-refractivity contribution in [3.63, 3.8) is 0 Å². The second kappa shape index (κ2) is 6.14. The van der Waals surface area contributed by atoms with Gasteiger partial charge in [0.15, 0.2) is 5.60 Å². The standard InChI is InChI=1S/C17H24FNO2/c1-16(2,3)15-9-10-17(4,21-19-15)12-20-11-13-7-5-6-8-14(13)18/h5-8H,9-12H2,1-4H3. The molecular formula is C17H24FNO2. The fourth-order valence-corrected chi connectivity index (χ4v) is 2.24. The second-order valence-electron chi connectivity index (χ2n) is 6.91. The van der Waals surface area contributed by atoms with Gasteiger partial charge in [-0.05, 0) is 25.8 Å². The zero-order chi connectivity index (χ0) is 15.5. The van der Waals surface area contributed by atoms with Gasteiger partial charge in [0.25, 0.3) is 0 Å². The Labute approximate surface area is 126 Å². The molecule has 0 bridgehead atoms. The predicted molar refractivity (Wildman–Crippen MR) is 81.7 cm³/mol. The number of halogens is 1. The molecule has 21 heavy (non-hydrogen) atoms. The molecule has 1 aromatic rings. The molecule has 0 spiro atoms. The highest BCUT2D eigenvalue weighted by Gasteiger charge is 2.34. The molecule has 1 aliphatic heterocycles. The van der Waals surface area contributed by atoms with Gasteiger partial charge in [0.1, 0.15) is 5.82 Å². The average molecular weight is 293 g/mol. The molecule has 3 nitrogen and oxygen atoms in total. The lowest BCUT2D eigenvalue weighted by molar-refractivity contribution is -0.101. The Kier molecular flexibility index (Phi) is 4.67. The van der Waals surface area contributed by atoms with Crippen molar-refractivity contribution in [2.24, 2.45) is 10.6 Å². The molecule has 1 aromatic carbocycles. The minimum absolute atomic E-state index is 0.0371. The molecule has 0 aliphatic carbocycles. The van der Waals surface area contributed by atoms with E-state index in [1.54, 1.807) is 18.2 Å². The molecule has 116 valence electrons. The zero-order valence-electron chi connectivity index (χ0n) is 13.3. The lowest BCUT2D eigenvalue weighted by Gasteiger charge is -2.34. The van der Waals surface area contributed by atoms with E-state index in [1.165, 1.54) is 6.07 Å². The summed E-state index contributed by atoms with van der Waals surface area (Å²) in [5.74, 6) is -0.236. The third-order valence-electron chi connectivity index (χ3n) is 3.76. The number of benzene rings is 1. The van der Waals surface area contributed by atoms with Gasteiger partial charge in [-0.1, -0.05) is 44.1 Å². The van der Waals surface area contributed by atoms with Gasteiger partial charge in [-0.25, -0.2) is 4.39 Å². The van der Waals surface area contributed by atoms with Crippen LogP contribution in [0.5, 0.6) is 0 Å². The van der Waals surface area contributed by atoms with Crippen LogP contribution >= 0.6 is 0 Å². The minimum Gasteiger partial charge on any atom is -0.387 e. The number of rotatable bonds is 4. The summed E-state index contributed by atoms with van der Waals surface area (Å²) in [6.07, 6.45) is 1.77. The van der Waals surface area contributed by atoms with Crippen molar-refractivity contribution in [1.29, 1.82) is 0 Å². The van der Waals surface area contributed by atoms with Crippen molar-refractivity contribution in [2.45, 2.75) is 52.7 Å². The summed E-state index contributed by atoms with van der Waals surface area (Å²) in [5, 5.41) is 4.26. The van der Waals surface area contributed by atoms with E-state index in [0.29, 0.717) is 12.2 Å². The lowest BCUT2D eigenvalue weighted by Crippen LogP contribution is -2.39. The molecule has 0 amide bonds. The lowest BCUT2D eigenvalue weighted by atomic mass is 9.84. The molecule has 1 unspecified atom stereocenters. The molecular weight excluding hydrogens is 269 g/mol. The monoisotopic (exact) mass is 293 g/mol. The normalized spacial score (nSPS) is 22.6. The molecule has 0 aromatic heterocycles. The van der Waals surface area contributed by atoms with Crippen LogP contribution in [0.1, 0.15) is 46.1 Å². The van der Waals surface area contributed by atoms with Gasteiger partial charge in [0.2, 0.25) is 0 Å². The Bertz CT molecular complexity index is 522. The van der Waals surface area contributed by atoms with Crippen LogP contribution in [0.25, 0.3) is 0 Å². The smallest absolute Gasteiger partial charge is 0.158 e. The molecule has 0 saturated heterocycles. The molecule has 0 saturated carbocycles. The van der Waals surface area contributed by atoms with Crippen LogP contribution < -0.4 is 0 Å². The van der Waals surface area contributed by atoms with Crippen LogP contribution in [-0.2, 0) is 16.2 Å². The number of oxime groups is 1. The maximum Gasteiger partial charge on any atom is 0.158 e. The fourth-order valence-electron chi connectivity index (χ4n) is 2.24. The first-order valence-electron chi connectivity index (χ1n) is 7.37. The largest absolute Gasteiger partial charge is 0.387 e. The molecule has 0 radical (unpaired) electrons. The van der Waals surface area contributed by atoms with Gasteiger partial charge in [-0.15, -0.1) is 0 Å². The zero-order valence-corrected chi connectivity index (χ0v) is 13.3. The van der Waals surface area contributed by atoms with Crippen LogP contribution in [0, 0.1) is 11.2 Å². The molecule has 1 atom stereocenters. The highest BCUT2D eigenvalue weighted by molar-refractivity contribution is 5.89. The van der Waals surface area contributed by atoms with Crippen molar-refractivity contribution in [1.82, 2.24) is 0 Å². The first kappa shape index (κ1) is 16.0. The van der Waals surface area contributed by atoms with Crippen molar-refractivity contribution >= 4 is 5.71 Å². The molecule has 2 rings (SSSR count). The first-order chi connectivity index (χ1) is 9.80. The highest BCUT2D eigenvalue weighted by Crippen LogP contribution is 2.30. The Morgan fingerprint density at radius 3 is 2.62 bits per heavy atom. The predicted octanol–water partition coefficient (Wildman–Crippen LogP) is 4.31. The number of ether oxygens (including phenoxy) is 1. The summed E-state index contributed by atoms with van der Waals surface area (Å²) < 4.78 is 19.1. The molecule has 4 heteroatoms. The average Bonchev–Trinajstić information content (AvgIpc) is 2.40. The maximum absolute atomic E-state index is 13.5. The molecule has 1 heterocycles. The van der Waals surface area contributed by atoms with Crippen molar-refractivity contribution in [2.75, 3.05) is 6.61 Å². The maximum atomic E-state index is 13.5. The van der Waals surface area contributed by atoms with Crippen LogP contribution in [-0.4, -0.2) is 17.9 Å². The van der Waals surface area contributed by atoms with Gasteiger partial charge < -0.3 is 9.57 Å². The third kappa shape index (κ3) is 4.27. The number of hydrogen-bond acceptors (Lipinski definition) is 3. The quantitative estimate of drug-likeness (QED) is 0.828. The number of hydrogen-bond donors (Lipinski definition) is 0.